The molecule has 0 atom stereocenters. The van der Waals surface area contributed by atoms with E-state index in [1.165, 1.54) is 69.5 Å². The van der Waals surface area contributed by atoms with Crippen LogP contribution in [0.3, 0.4) is 0 Å². The number of nitrogens with zero attached hydrogens (tertiary/aromatic N) is 6. The molecule has 2 aliphatic rings. The monoisotopic (exact) mass is 738 g/mol. The molecule has 0 amide bonds. The van der Waals surface area contributed by atoms with Gasteiger partial charge in [0.15, 0.2) is 0 Å². The van der Waals surface area contributed by atoms with Crippen molar-refractivity contribution in [2.75, 3.05) is 24.7 Å². The van der Waals surface area contributed by atoms with Gasteiger partial charge < -0.3 is 20.5 Å². The molecule has 0 spiro atoms. The van der Waals surface area contributed by atoms with Crippen LogP contribution in [-0.4, -0.2) is 70.7 Å². The van der Waals surface area contributed by atoms with Crippen molar-refractivity contribution in [3.8, 4) is 22.5 Å². The van der Waals surface area contributed by atoms with Crippen LogP contribution in [0.15, 0.2) is 34.5 Å². The van der Waals surface area contributed by atoms with E-state index in [-0.39, 0.29) is 36.5 Å². The molecule has 4 aromatic rings. The third kappa shape index (κ3) is 11.9. The number of rotatable bonds is 2. The third-order valence-electron chi connectivity index (χ3n) is 8.72. The summed E-state index contributed by atoms with van der Waals surface area (Å²) in [5.74, 6) is 0.633. The Morgan fingerprint density at radius 3 is 1.19 bits per heavy atom. The SMILES string of the molecule is C.C.C.CC(=O)O.CC(C)=O.CNc1ncc2c(n1)-c1c(cc(C)c(C)c1C)C(C)=NC2.CNc1ncc2c(n1)-c1c(cc(C)c(C)c1C)C(C)=NC2.[B]. The zero-order valence-corrected chi connectivity index (χ0v) is 32.2. The molecule has 11 nitrogen and oxygen atoms in total. The maximum atomic E-state index is 9.44. The molecule has 3 N–H and O–H groups in total. The van der Waals surface area contributed by atoms with Crippen LogP contribution >= 0.6 is 0 Å². The molecule has 0 aliphatic carbocycles. The van der Waals surface area contributed by atoms with Gasteiger partial charge in [-0.15, -0.1) is 0 Å². The molecule has 6 rings (SSSR count). The Morgan fingerprint density at radius 2 is 0.907 bits per heavy atom. The number of benzene rings is 2. The summed E-state index contributed by atoms with van der Waals surface area (Å²) in [5.41, 5.74) is 18.9. The minimum atomic E-state index is -0.833. The first-order chi connectivity index (χ1) is 23.5. The smallest absolute Gasteiger partial charge is 0.300 e. The van der Waals surface area contributed by atoms with Crippen LogP contribution in [0.4, 0.5) is 11.9 Å². The van der Waals surface area contributed by atoms with E-state index < -0.39 is 5.97 Å². The number of aliphatic imine (C=N–C) groups is 2. The molecule has 0 saturated carbocycles. The molecule has 54 heavy (non-hydrogen) atoms. The average Bonchev–Trinajstić information content (AvgIpc) is 3.29. The maximum Gasteiger partial charge on any atom is 0.300 e. The van der Waals surface area contributed by atoms with Crippen molar-refractivity contribution in [2.24, 2.45) is 9.98 Å². The Kier molecular flexibility index (Phi) is 20.8. The summed E-state index contributed by atoms with van der Waals surface area (Å²) < 4.78 is 0. The molecule has 4 heterocycles. The first kappa shape index (κ1) is 50.9. The maximum absolute atomic E-state index is 9.44. The zero-order chi connectivity index (χ0) is 37.4. The summed E-state index contributed by atoms with van der Waals surface area (Å²) in [4.78, 5) is 45.9. The Balaban J connectivity index is 0. The van der Waals surface area contributed by atoms with Crippen molar-refractivity contribution < 1.29 is 14.7 Å². The highest BCUT2D eigenvalue weighted by Gasteiger charge is 2.23. The van der Waals surface area contributed by atoms with Gasteiger partial charge in [0, 0.05) is 86.6 Å². The van der Waals surface area contributed by atoms with Crippen molar-refractivity contribution in [1.29, 1.82) is 0 Å². The van der Waals surface area contributed by atoms with E-state index in [1.807, 2.05) is 26.5 Å². The highest BCUT2D eigenvalue weighted by molar-refractivity contribution is 6.07. The number of ketones is 1. The fourth-order valence-corrected chi connectivity index (χ4v) is 5.64. The molecule has 291 valence electrons. The second-order valence-electron chi connectivity index (χ2n) is 12.6. The summed E-state index contributed by atoms with van der Waals surface area (Å²) in [7, 11) is 3.68. The zero-order valence-electron chi connectivity index (χ0n) is 32.2. The number of fused-ring (bicyclic) bond motifs is 6. The number of hydrogen-bond acceptors (Lipinski definition) is 10. The normalized spacial score (nSPS) is 11.1. The lowest BCUT2D eigenvalue weighted by molar-refractivity contribution is -0.134. The molecule has 2 aromatic carbocycles. The number of carboxylic acid groups (broad SMARTS) is 1. The summed E-state index contributed by atoms with van der Waals surface area (Å²) in [6.45, 7) is 22.5. The van der Waals surface area contributed by atoms with Gasteiger partial charge in [-0.1, -0.05) is 22.3 Å². The minimum absolute atomic E-state index is 0. The summed E-state index contributed by atoms with van der Waals surface area (Å²) in [6, 6.07) is 4.46. The molecular formula is C42H62BN8O3. The Hall–Kier alpha value is -5.26. The van der Waals surface area contributed by atoms with Gasteiger partial charge in [0.05, 0.1) is 24.5 Å². The highest BCUT2D eigenvalue weighted by Crippen LogP contribution is 2.37. The molecule has 0 unspecified atom stereocenters. The number of Topliss-reactive ketones (excluding diaryl/α,β-unsaturated/α-hetero) is 1. The number of aromatic nitrogens is 4. The van der Waals surface area contributed by atoms with Gasteiger partial charge in [0.1, 0.15) is 5.78 Å². The standard InChI is InChI=1S/2C17H20N4.C3H6O.C2H4O2.3CH4.B/c2*1-9-6-14-12(4)19-7-13-8-20-17(18-5)21-16(13)15(14)11(3)10(9)2;1-3(2)4;1-2(3)4;;;;/h2*6,8H,7H2,1-5H3,(H,18,20,21);1-2H3;1H3,(H,3,4);3*1H4;. The number of aryl methyl sites for hydroxylation is 2. The van der Waals surface area contributed by atoms with Crippen LogP contribution in [0.2, 0.25) is 0 Å². The molecule has 12 heteroatoms. The average molecular weight is 738 g/mol. The Morgan fingerprint density at radius 1 is 0.611 bits per heavy atom. The number of aliphatic carboxylic acids is 1. The largest absolute Gasteiger partial charge is 0.481 e. The van der Waals surface area contributed by atoms with Gasteiger partial charge in [0.25, 0.3) is 5.97 Å². The summed E-state index contributed by atoms with van der Waals surface area (Å²) in [6.07, 6.45) is 3.77. The fraction of sp³-hybridized carbons (Fsp3) is 0.429. The van der Waals surface area contributed by atoms with Crippen LogP contribution in [0.1, 0.15) is 113 Å². The lowest BCUT2D eigenvalue weighted by atomic mass is 9.89. The molecule has 0 bridgehead atoms. The second-order valence-corrected chi connectivity index (χ2v) is 12.6. The quantitative estimate of drug-likeness (QED) is 0.171. The van der Waals surface area contributed by atoms with Gasteiger partial charge in [-0.3, -0.25) is 14.8 Å². The van der Waals surface area contributed by atoms with E-state index in [0.717, 1.165) is 40.9 Å². The van der Waals surface area contributed by atoms with Crippen molar-refractivity contribution in [2.45, 2.75) is 112 Å². The summed E-state index contributed by atoms with van der Waals surface area (Å²) in [5, 5.41) is 13.5. The van der Waals surface area contributed by atoms with Gasteiger partial charge >= 0.3 is 0 Å². The van der Waals surface area contributed by atoms with Crippen LogP contribution in [0.25, 0.3) is 22.5 Å². The van der Waals surface area contributed by atoms with Gasteiger partial charge in [-0.2, -0.15) is 0 Å². The van der Waals surface area contributed by atoms with Crippen molar-refractivity contribution in [1.82, 2.24) is 19.9 Å². The Bertz CT molecular complexity index is 1850. The minimum Gasteiger partial charge on any atom is -0.481 e. The predicted octanol–water partition coefficient (Wildman–Crippen LogP) is 9.08. The third-order valence-corrected chi connectivity index (χ3v) is 8.72. The van der Waals surface area contributed by atoms with E-state index >= 15 is 0 Å². The van der Waals surface area contributed by atoms with Crippen LogP contribution in [-0.2, 0) is 22.7 Å². The number of anilines is 2. The molecular weight excluding hydrogens is 675 g/mol. The van der Waals surface area contributed by atoms with Gasteiger partial charge in [-0.05, 0) is 115 Å². The lowest BCUT2D eigenvalue weighted by Gasteiger charge is -2.17. The van der Waals surface area contributed by atoms with Crippen LogP contribution in [0.5, 0.6) is 0 Å². The number of carboxylic acids is 1. The molecule has 3 radical (unpaired) electrons. The number of carbonyl (C=O) groups excluding carboxylic acids is 1. The van der Waals surface area contributed by atoms with Gasteiger partial charge in [-0.25, -0.2) is 19.9 Å². The summed E-state index contributed by atoms with van der Waals surface area (Å²) >= 11 is 0. The van der Waals surface area contributed by atoms with Gasteiger partial charge in [0.2, 0.25) is 11.9 Å². The topological polar surface area (TPSA) is 155 Å². The van der Waals surface area contributed by atoms with Crippen molar-refractivity contribution >= 4 is 43.5 Å². The lowest BCUT2D eigenvalue weighted by Crippen LogP contribution is -2.05. The molecule has 2 aromatic heterocycles. The van der Waals surface area contributed by atoms with E-state index in [1.54, 1.807) is 0 Å². The second kappa shape index (κ2) is 22.1. The number of nitrogens with one attached hydrogen (secondary N) is 2. The first-order valence-electron chi connectivity index (χ1n) is 16.5. The number of carbonyl (C=O) groups is 2. The van der Waals surface area contributed by atoms with E-state index in [0.29, 0.717) is 25.0 Å². The van der Waals surface area contributed by atoms with Crippen molar-refractivity contribution in [3.63, 3.8) is 0 Å². The van der Waals surface area contributed by atoms with E-state index in [9.17, 15) is 4.79 Å². The highest BCUT2D eigenvalue weighted by atomic mass is 16.4. The van der Waals surface area contributed by atoms with E-state index in [2.05, 4.69) is 98.1 Å². The predicted molar refractivity (Wildman–Crippen MR) is 230 cm³/mol. The van der Waals surface area contributed by atoms with Crippen LogP contribution in [0, 0.1) is 41.5 Å². The van der Waals surface area contributed by atoms with E-state index in [4.69, 9.17) is 19.9 Å². The van der Waals surface area contributed by atoms with Crippen LogP contribution < -0.4 is 10.6 Å². The molecule has 0 fully saturated rings. The Labute approximate surface area is 326 Å². The molecule has 0 saturated heterocycles. The first-order valence-corrected chi connectivity index (χ1v) is 16.5. The number of hydrogen-bond donors (Lipinski definition) is 3. The molecule has 2 aliphatic heterocycles. The van der Waals surface area contributed by atoms with Crippen molar-refractivity contribution in [3.05, 3.63) is 80.2 Å². The fourth-order valence-electron chi connectivity index (χ4n) is 5.64.